The standard InChI is InChI=1S/C16H25BrN4.HI/c1-3-8-19-16(18-2)20-11-13-7-9-21(12-13)15-6-4-5-14(17)10-15;/h4-6,10,13H,3,7-9,11-12H2,1-2H3,(H2,18,19,20);1H. The lowest BCUT2D eigenvalue weighted by Crippen LogP contribution is -2.40. The highest BCUT2D eigenvalue weighted by molar-refractivity contribution is 14.0. The summed E-state index contributed by atoms with van der Waals surface area (Å²) in [6.45, 7) is 6.34. The summed E-state index contributed by atoms with van der Waals surface area (Å²) >= 11 is 3.54. The molecule has 1 aliphatic heterocycles. The molecule has 6 heteroatoms. The van der Waals surface area contributed by atoms with Crippen molar-refractivity contribution in [2.45, 2.75) is 19.8 Å². The quantitative estimate of drug-likeness (QED) is 0.385. The van der Waals surface area contributed by atoms with E-state index in [0.29, 0.717) is 5.92 Å². The lowest BCUT2D eigenvalue weighted by Gasteiger charge is -2.19. The number of nitrogens with one attached hydrogen (secondary N) is 2. The third kappa shape index (κ3) is 5.95. The Bertz CT molecular complexity index is 481. The molecule has 1 fully saturated rings. The van der Waals surface area contributed by atoms with Crippen molar-refractivity contribution in [3.63, 3.8) is 0 Å². The van der Waals surface area contributed by atoms with E-state index in [4.69, 9.17) is 0 Å². The predicted octanol–water partition coefficient (Wildman–Crippen LogP) is 3.47. The van der Waals surface area contributed by atoms with Crippen LogP contribution >= 0.6 is 39.9 Å². The fourth-order valence-electron chi connectivity index (χ4n) is 2.61. The number of nitrogens with zero attached hydrogens (tertiary/aromatic N) is 2. The molecule has 2 rings (SSSR count). The molecular weight excluding hydrogens is 455 g/mol. The smallest absolute Gasteiger partial charge is 0.190 e. The number of guanidine groups is 1. The van der Waals surface area contributed by atoms with Gasteiger partial charge in [-0.1, -0.05) is 28.9 Å². The Balaban J connectivity index is 0.00000242. The Labute approximate surface area is 159 Å². The fraction of sp³-hybridized carbons (Fsp3) is 0.562. The van der Waals surface area contributed by atoms with E-state index in [9.17, 15) is 0 Å². The lowest BCUT2D eigenvalue weighted by molar-refractivity contribution is 0.565. The van der Waals surface area contributed by atoms with Crippen molar-refractivity contribution in [2.75, 3.05) is 38.1 Å². The second-order valence-electron chi connectivity index (χ2n) is 5.46. The minimum atomic E-state index is 0. The molecule has 0 radical (unpaired) electrons. The van der Waals surface area contributed by atoms with Gasteiger partial charge in [-0.2, -0.15) is 0 Å². The molecule has 1 aromatic rings. The van der Waals surface area contributed by atoms with Gasteiger partial charge in [-0.25, -0.2) is 0 Å². The summed E-state index contributed by atoms with van der Waals surface area (Å²) in [6, 6.07) is 8.54. The minimum Gasteiger partial charge on any atom is -0.371 e. The van der Waals surface area contributed by atoms with Gasteiger partial charge in [0, 0.05) is 43.4 Å². The number of halogens is 2. The third-order valence-electron chi connectivity index (χ3n) is 3.78. The van der Waals surface area contributed by atoms with Crippen LogP contribution in [0.4, 0.5) is 5.69 Å². The molecule has 1 heterocycles. The summed E-state index contributed by atoms with van der Waals surface area (Å²) in [7, 11) is 1.83. The second kappa shape index (κ2) is 10.3. The van der Waals surface area contributed by atoms with Crippen molar-refractivity contribution in [3.05, 3.63) is 28.7 Å². The topological polar surface area (TPSA) is 39.7 Å². The number of benzene rings is 1. The Hall–Kier alpha value is -0.500. The van der Waals surface area contributed by atoms with Gasteiger partial charge in [-0.15, -0.1) is 24.0 Å². The van der Waals surface area contributed by atoms with E-state index >= 15 is 0 Å². The van der Waals surface area contributed by atoms with Gasteiger partial charge in [0.2, 0.25) is 0 Å². The Morgan fingerprint density at radius 1 is 1.41 bits per heavy atom. The molecule has 22 heavy (non-hydrogen) atoms. The summed E-state index contributed by atoms with van der Waals surface area (Å²) in [5, 5.41) is 6.75. The normalized spacial score (nSPS) is 18.0. The molecular formula is C16H26BrIN4. The molecule has 2 N–H and O–H groups in total. The van der Waals surface area contributed by atoms with Crippen molar-refractivity contribution in [2.24, 2.45) is 10.9 Å². The number of hydrogen-bond acceptors (Lipinski definition) is 2. The van der Waals surface area contributed by atoms with Crippen molar-refractivity contribution < 1.29 is 0 Å². The van der Waals surface area contributed by atoms with E-state index in [1.165, 1.54) is 12.1 Å². The van der Waals surface area contributed by atoms with Crippen LogP contribution in [0.2, 0.25) is 0 Å². The molecule has 0 aliphatic carbocycles. The van der Waals surface area contributed by atoms with Crippen LogP contribution in [0.1, 0.15) is 19.8 Å². The van der Waals surface area contributed by atoms with E-state index in [2.05, 4.69) is 67.6 Å². The molecule has 0 aromatic heterocycles. The average molecular weight is 481 g/mol. The van der Waals surface area contributed by atoms with Gasteiger partial charge >= 0.3 is 0 Å². The van der Waals surface area contributed by atoms with Crippen LogP contribution in [-0.4, -0.2) is 39.2 Å². The summed E-state index contributed by atoms with van der Waals surface area (Å²) in [5.41, 5.74) is 1.31. The molecule has 4 nitrogen and oxygen atoms in total. The molecule has 1 saturated heterocycles. The van der Waals surface area contributed by atoms with Crippen molar-refractivity contribution >= 4 is 51.6 Å². The number of rotatable bonds is 5. The van der Waals surface area contributed by atoms with Crippen LogP contribution in [-0.2, 0) is 0 Å². The molecule has 1 unspecified atom stereocenters. The van der Waals surface area contributed by atoms with Crippen molar-refractivity contribution in [1.29, 1.82) is 0 Å². The van der Waals surface area contributed by atoms with Crippen LogP contribution in [0.15, 0.2) is 33.7 Å². The highest BCUT2D eigenvalue weighted by Gasteiger charge is 2.22. The number of hydrogen-bond donors (Lipinski definition) is 2. The highest BCUT2D eigenvalue weighted by Crippen LogP contribution is 2.25. The average Bonchev–Trinajstić information content (AvgIpc) is 2.96. The summed E-state index contributed by atoms with van der Waals surface area (Å²) in [4.78, 5) is 6.71. The minimum absolute atomic E-state index is 0. The van der Waals surface area contributed by atoms with Gasteiger partial charge in [0.1, 0.15) is 0 Å². The van der Waals surface area contributed by atoms with Gasteiger partial charge in [0.15, 0.2) is 5.96 Å². The molecule has 0 saturated carbocycles. The van der Waals surface area contributed by atoms with E-state index in [1.807, 2.05) is 7.05 Å². The van der Waals surface area contributed by atoms with Crippen LogP contribution < -0.4 is 15.5 Å². The Morgan fingerprint density at radius 3 is 2.91 bits per heavy atom. The number of aliphatic imine (C=N–C) groups is 1. The van der Waals surface area contributed by atoms with Gasteiger partial charge < -0.3 is 15.5 Å². The first kappa shape index (κ1) is 19.5. The Kier molecular flexibility index (Phi) is 9.16. The molecule has 1 atom stereocenters. The van der Waals surface area contributed by atoms with Gasteiger partial charge in [0.25, 0.3) is 0 Å². The van der Waals surface area contributed by atoms with Gasteiger partial charge in [0.05, 0.1) is 0 Å². The van der Waals surface area contributed by atoms with Gasteiger partial charge in [-0.05, 0) is 37.0 Å². The van der Waals surface area contributed by atoms with Crippen molar-refractivity contribution in [3.8, 4) is 0 Å². The maximum atomic E-state index is 4.25. The van der Waals surface area contributed by atoms with E-state index in [-0.39, 0.29) is 24.0 Å². The first-order chi connectivity index (χ1) is 10.2. The van der Waals surface area contributed by atoms with E-state index in [0.717, 1.165) is 43.0 Å². The zero-order valence-electron chi connectivity index (χ0n) is 13.3. The first-order valence-electron chi connectivity index (χ1n) is 7.68. The van der Waals surface area contributed by atoms with E-state index < -0.39 is 0 Å². The zero-order chi connectivity index (χ0) is 15.1. The molecule has 1 aliphatic rings. The fourth-order valence-corrected chi connectivity index (χ4v) is 3.00. The van der Waals surface area contributed by atoms with Crippen LogP contribution in [0.25, 0.3) is 0 Å². The second-order valence-corrected chi connectivity index (χ2v) is 6.38. The molecule has 0 spiro atoms. The molecule has 0 amide bonds. The molecule has 0 bridgehead atoms. The maximum absolute atomic E-state index is 4.25. The van der Waals surface area contributed by atoms with Crippen LogP contribution in [0, 0.1) is 5.92 Å². The molecule has 1 aromatic carbocycles. The maximum Gasteiger partial charge on any atom is 0.190 e. The predicted molar refractivity (Wildman–Crippen MR) is 110 cm³/mol. The molecule has 124 valence electrons. The van der Waals surface area contributed by atoms with Crippen molar-refractivity contribution in [1.82, 2.24) is 10.6 Å². The summed E-state index contributed by atoms with van der Waals surface area (Å²) < 4.78 is 1.14. The van der Waals surface area contributed by atoms with Crippen LogP contribution in [0.3, 0.4) is 0 Å². The lowest BCUT2D eigenvalue weighted by atomic mass is 10.1. The highest BCUT2D eigenvalue weighted by atomic mass is 127. The number of anilines is 1. The van der Waals surface area contributed by atoms with E-state index in [1.54, 1.807) is 0 Å². The summed E-state index contributed by atoms with van der Waals surface area (Å²) in [6.07, 6.45) is 2.34. The first-order valence-corrected chi connectivity index (χ1v) is 8.47. The Morgan fingerprint density at radius 2 is 2.23 bits per heavy atom. The largest absolute Gasteiger partial charge is 0.371 e. The van der Waals surface area contributed by atoms with Crippen LogP contribution in [0.5, 0.6) is 0 Å². The zero-order valence-corrected chi connectivity index (χ0v) is 17.2. The monoisotopic (exact) mass is 480 g/mol. The third-order valence-corrected chi connectivity index (χ3v) is 4.28. The van der Waals surface area contributed by atoms with Gasteiger partial charge in [-0.3, -0.25) is 4.99 Å². The summed E-state index contributed by atoms with van der Waals surface area (Å²) in [5.74, 6) is 1.59. The SMILES string of the molecule is CCCNC(=NC)NCC1CCN(c2cccc(Br)c2)C1.I.